The van der Waals surface area contributed by atoms with Crippen LogP contribution in [0.15, 0.2) is 42.6 Å². The van der Waals surface area contributed by atoms with Crippen molar-refractivity contribution in [3.63, 3.8) is 0 Å². The van der Waals surface area contributed by atoms with Gasteiger partial charge in [-0.15, -0.1) is 0 Å². The number of carboxylic acids is 1. The van der Waals surface area contributed by atoms with Crippen LogP contribution in [-0.4, -0.2) is 30.4 Å². The first-order chi connectivity index (χ1) is 12.3. The normalized spacial score (nSPS) is 12.2. The van der Waals surface area contributed by atoms with Crippen LogP contribution in [0.25, 0.3) is 27.8 Å². The van der Waals surface area contributed by atoms with Crippen molar-refractivity contribution in [3.05, 3.63) is 53.9 Å². The van der Waals surface area contributed by atoms with E-state index in [1.165, 1.54) is 18.2 Å². The Balaban J connectivity index is 2.00. The lowest BCUT2D eigenvalue weighted by Crippen LogP contribution is -2.05. The van der Waals surface area contributed by atoms with Gasteiger partial charge in [0.1, 0.15) is 11.2 Å². The molecular formula is C17H11F3N4O2. The highest BCUT2D eigenvalue weighted by atomic mass is 19.4. The summed E-state index contributed by atoms with van der Waals surface area (Å²) < 4.78 is 41.6. The highest BCUT2D eigenvalue weighted by molar-refractivity contribution is 6.06. The monoisotopic (exact) mass is 360 g/mol. The molecule has 0 bridgehead atoms. The second-order valence-electron chi connectivity index (χ2n) is 5.79. The molecule has 0 aliphatic rings. The predicted molar refractivity (Wildman–Crippen MR) is 87.3 cm³/mol. The number of carbonyl (C=O) groups is 1. The minimum absolute atomic E-state index is 0.118. The van der Waals surface area contributed by atoms with Crippen molar-refractivity contribution in [1.29, 1.82) is 0 Å². The van der Waals surface area contributed by atoms with Crippen molar-refractivity contribution >= 4 is 28.0 Å². The zero-order valence-electron chi connectivity index (χ0n) is 13.3. The SMILES string of the molecule is Cn1cc2c3nc(C(=O)O)ccc3n(-c3ccc(C(F)(F)F)cc3)c2n1. The molecule has 0 amide bonds. The highest BCUT2D eigenvalue weighted by Gasteiger charge is 2.30. The van der Waals surface area contributed by atoms with E-state index in [4.69, 9.17) is 5.11 Å². The molecule has 3 heterocycles. The van der Waals surface area contributed by atoms with Gasteiger partial charge in [-0.1, -0.05) is 0 Å². The van der Waals surface area contributed by atoms with Crippen molar-refractivity contribution in [1.82, 2.24) is 19.3 Å². The molecule has 0 aliphatic heterocycles. The van der Waals surface area contributed by atoms with Crippen LogP contribution in [0.5, 0.6) is 0 Å². The van der Waals surface area contributed by atoms with Gasteiger partial charge in [-0.25, -0.2) is 9.78 Å². The molecule has 132 valence electrons. The molecule has 0 aliphatic carbocycles. The van der Waals surface area contributed by atoms with Crippen LogP contribution in [0.2, 0.25) is 0 Å². The average molecular weight is 360 g/mol. The standard InChI is InChI=1S/C17H11F3N4O2/c1-23-8-11-14-13(7-6-12(21-14)16(25)26)24(15(11)22-23)10-4-2-9(3-5-10)17(18,19)20/h2-8H,1H3,(H,25,26). The van der Waals surface area contributed by atoms with Gasteiger partial charge < -0.3 is 5.11 Å². The van der Waals surface area contributed by atoms with Gasteiger partial charge in [-0.2, -0.15) is 18.3 Å². The highest BCUT2D eigenvalue weighted by Crippen LogP contribution is 2.33. The van der Waals surface area contributed by atoms with Gasteiger partial charge in [0.25, 0.3) is 0 Å². The molecule has 0 unspecified atom stereocenters. The van der Waals surface area contributed by atoms with E-state index in [1.807, 2.05) is 0 Å². The Labute approximate surface area is 144 Å². The van der Waals surface area contributed by atoms with Crippen LogP contribution in [0.3, 0.4) is 0 Å². The molecule has 0 saturated carbocycles. The minimum Gasteiger partial charge on any atom is -0.477 e. The first-order valence-corrected chi connectivity index (χ1v) is 7.51. The summed E-state index contributed by atoms with van der Waals surface area (Å²) in [7, 11) is 1.70. The lowest BCUT2D eigenvalue weighted by molar-refractivity contribution is -0.137. The summed E-state index contributed by atoms with van der Waals surface area (Å²) in [5.41, 5.74) is 1.08. The number of nitrogens with zero attached hydrogens (tertiary/aromatic N) is 4. The average Bonchev–Trinajstić information content (AvgIpc) is 3.08. The number of pyridine rings is 1. The van der Waals surface area contributed by atoms with Crippen LogP contribution < -0.4 is 0 Å². The van der Waals surface area contributed by atoms with Crippen molar-refractivity contribution in [2.75, 3.05) is 0 Å². The van der Waals surface area contributed by atoms with Crippen LogP contribution in [0, 0.1) is 0 Å². The maximum absolute atomic E-state index is 12.8. The number of halogens is 3. The number of fused-ring (bicyclic) bond motifs is 3. The maximum Gasteiger partial charge on any atom is 0.416 e. The largest absolute Gasteiger partial charge is 0.477 e. The number of rotatable bonds is 2. The zero-order chi connectivity index (χ0) is 18.6. The summed E-state index contributed by atoms with van der Waals surface area (Å²) >= 11 is 0. The molecule has 0 atom stereocenters. The van der Waals surface area contributed by atoms with Crippen molar-refractivity contribution < 1.29 is 23.1 Å². The topological polar surface area (TPSA) is 72.9 Å². The third kappa shape index (κ3) is 2.40. The van der Waals surface area contributed by atoms with Crippen molar-refractivity contribution in [2.45, 2.75) is 6.18 Å². The summed E-state index contributed by atoms with van der Waals surface area (Å²) in [4.78, 5) is 15.4. The summed E-state index contributed by atoms with van der Waals surface area (Å²) in [5.74, 6) is -1.16. The third-order valence-electron chi connectivity index (χ3n) is 4.06. The molecular weight excluding hydrogens is 349 g/mol. The third-order valence-corrected chi connectivity index (χ3v) is 4.06. The number of aromatic nitrogens is 4. The van der Waals surface area contributed by atoms with Crippen LogP contribution >= 0.6 is 0 Å². The molecule has 6 nitrogen and oxygen atoms in total. The maximum atomic E-state index is 12.8. The fourth-order valence-corrected chi connectivity index (χ4v) is 2.93. The van der Waals surface area contributed by atoms with E-state index < -0.39 is 17.7 Å². The van der Waals surface area contributed by atoms with Crippen LogP contribution in [0.4, 0.5) is 13.2 Å². The van der Waals surface area contributed by atoms with Crippen LogP contribution in [0.1, 0.15) is 16.1 Å². The summed E-state index contributed by atoms with van der Waals surface area (Å²) in [6, 6.07) is 7.61. The predicted octanol–water partition coefficient (Wildman–Crippen LogP) is 3.63. The van der Waals surface area contributed by atoms with Gasteiger partial charge in [0.15, 0.2) is 5.65 Å². The Hall–Kier alpha value is -3.36. The molecule has 1 N–H and O–H groups in total. The molecule has 0 fully saturated rings. The van der Waals surface area contributed by atoms with Crippen molar-refractivity contribution in [3.8, 4) is 5.69 Å². The van der Waals surface area contributed by atoms with Gasteiger partial charge in [-0.05, 0) is 36.4 Å². The fraction of sp³-hybridized carbons (Fsp3) is 0.118. The summed E-state index contributed by atoms with van der Waals surface area (Å²) in [6.07, 6.45) is -2.73. The number of carboxylic acid groups (broad SMARTS) is 1. The van der Waals surface area contributed by atoms with Crippen LogP contribution in [-0.2, 0) is 13.2 Å². The van der Waals surface area contributed by atoms with Gasteiger partial charge in [0.2, 0.25) is 0 Å². The van der Waals surface area contributed by atoms with E-state index >= 15 is 0 Å². The number of hydrogen-bond donors (Lipinski definition) is 1. The van der Waals surface area contributed by atoms with Crippen molar-refractivity contribution in [2.24, 2.45) is 7.05 Å². The zero-order valence-corrected chi connectivity index (χ0v) is 13.3. The molecule has 0 radical (unpaired) electrons. The fourth-order valence-electron chi connectivity index (χ4n) is 2.93. The van der Waals surface area contributed by atoms with E-state index in [1.54, 1.807) is 28.6 Å². The Bertz CT molecular complexity index is 1160. The Morgan fingerprint density at radius 3 is 2.42 bits per heavy atom. The van der Waals surface area contributed by atoms with E-state index in [-0.39, 0.29) is 5.69 Å². The second-order valence-corrected chi connectivity index (χ2v) is 5.79. The molecule has 1 aromatic carbocycles. The van der Waals surface area contributed by atoms with E-state index in [9.17, 15) is 18.0 Å². The number of benzene rings is 1. The Kier molecular flexibility index (Phi) is 3.30. The van der Waals surface area contributed by atoms with E-state index in [0.717, 1.165) is 12.1 Å². The number of aryl methyl sites for hydroxylation is 1. The van der Waals surface area contributed by atoms with Gasteiger partial charge in [0, 0.05) is 18.9 Å². The Morgan fingerprint density at radius 2 is 1.81 bits per heavy atom. The molecule has 0 spiro atoms. The summed E-state index contributed by atoms with van der Waals surface area (Å²) in [6.45, 7) is 0. The quantitative estimate of drug-likeness (QED) is 0.592. The Morgan fingerprint density at radius 1 is 1.12 bits per heavy atom. The van der Waals surface area contributed by atoms with E-state index in [2.05, 4.69) is 10.1 Å². The molecule has 9 heteroatoms. The van der Waals surface area contributed by atoms with E-state index in [0.29, 0.717) is 27.8 Å². The molecule has 0 saturated heterocycles. The molecule has 3 aromatic heterocycles. The molecule has 26 heavy (non-hydrogen) atoms. The number of aromatic carboxylic acids is 1. The van der Waals surface area contributed by atoms with Gasteiger partial charge in [0.05, 0.1) is 16.5 Å². The summed E-state index contributed by atoms with van der Waals surface area (Å²) in [5, 5.41) is 14.1. The number of alkyl halides is 3. The minimum atomic E-state index is -4.42. The van der Waals surface area contributed by atoms with Gasteiger partial charge >= 0.3 is 12.1 Å². The first kappa shape index (κ1) is 16.1. The smallest absolute Gasteiger partial charge is 0.416 e. The van der Waals surface area contributed by atoms with Gasteiger partial charge in [-0.3, -0.25) is 9.25 Å². The second kappa shape index (κ2) is 5.32. The molecule has 4 rings (SSSR count). The lowest BCUT2D eigenvalue weighted by Gasteiger charge is -2.10. The molecule has 4 aromatic rings. The lowest BCUT2D eigenvalue weighted by atomic mass is 10.2. The number of hydrogen-bond acceptors (Lipinski definition) is 3. The first-order valence-electron chi connectivity index (χ1n) is 7.51.